The van der Waals surface area contributed by atoms with Crippen LogP contribution in [-0.2, 0) is 0 Å². The van der Waals surface area contributed by atoms with Gasteiger partial charge in [-0.3, -0.25) is 0 Å². The van der Waals surface area contributed by atoms with E-state index in [0.29, 0.717) is 0 Å². The molecule has 0 saturated heterocycles. The van der Waals surface area contributed by atoms with Gasteiger partial charge in [-0.05, 0) is 13.8 Å². The van der Waals surface area contributed by atoms with E-state index in [2.05, 4.69) is 38.1 Å². The van der Waals surface area contributed by atoms with Crippen molar-refractivity contribution < 1.29 is 9.90 Å². The van der Waals surface area contributed by atoms with Crippen LogP contribution < -0.4 is 0 Å². The van der Waals surface area contributed by atoms with Crippen molar-refractivity contribution in [2.45, 2.75) is 13.8 Å². The number of aryl methyl sites for hydroxylation is 2. The summed E-state index contributed by atoms with van der Waals surface area (Å²) in [4.78, 5) is 10.7. The van der Waals surface area contributed by atoms with E-state index in [-0.39, 0.29) is 0 Å². The van der Waals surface area contributed by atoms with Crippen LogP contribution in [0.5, 0.6) is 0 Å². The summed E-state index contributed by atoms with van der Waals surface area (Å²) in [5.41, 5.74) is 2.68. The van der Waals surface area contributed by atoms with Gasteiger partial charge in [-0.15, -0.1) is 0 Å². The van der Waals surface area contributed by atoms with Gasteiger partial charge in [0.15, 0.2) is 0 Å². The standard InChI is InChI=1S/C8H10.C3H7NO2/c1-7-4-3-5-8(2)6-7;1-4(2)3(5)6/h3-6H,1-2H3;1-2H3,(H,5,6). The fourth-order valence-electron chi connectivity index (χ4n) is 0.807. The van der Waals surface area contributed by atoms with Crippen LogP contribution in [0.2, 0.25) is 0 Å². The Hall–Kier alpha value is -1.51. The summed E-state index contributed by atoms with van der Waals surface area (Å²) in [5, 5.41) is 7.92. The SMILES string of the molecule is CN(C)C(=O)O.Cc1cccc(C)c1. The van der Waals surface area contributed by atoms with Crippen molar-refractivity contribution in [3.05, 3.63) is 35.4 Å². The Morgan fingerprint density at radius 1 is 1.21 bits per heavy atom. The Balaban J connectivity index is 0.000000255. The zero-order valence-electron chi connectivity index (χ0n) is 9.11. The highest BCUT2D eigenvalue weighted by atomic mass is 16.4. The molecule has 0 bridgehead atoms. The minimum atomic E-state index is -0.907. The Kier molecular flexibility index (Phi) is 5.37. The van der Waals surface area contributed by atoms with Crippen LogP contribution >= 0.6 is 0 Å². The predicted octanol–water partition coefficient (Wildman–Crippen LogP) is 2.53. The van der Waals surface area contributed by atoms with Crippen molar-refractivity contribution in [2.75, 3.05) is 14.1 Å². The van der Waals surface area contributed by atoms with Gasteiger partial charge < -0.3 is 10.0 Å². The van der Waals surface area contributed by atoms with Gasteiger partial charge in [0.1, 0.15) is 0 Å². The van der Waals surface area contributed by atoms with Crippen molar-refractivity contribution in [2.24, 2.45) is 0 Å². The van der Waals surface area contributed by atoms with Crippen LogP contribution in [-0.4, -0.2) is 30.2 Å². The zero-order chi connectivity index (χ0) is 11.1. The number of hydrogen-bond donors (Lipinski definition) is 1. The summed E-state index contributed by atoms with van der Waals surface area (Å²) in [5.74, 6) is 0. The van der Waals surface area contributed by atoms with E-state index < -0.39 is 6.09 Å². The van der Waals surface area contributed by atoms with Gasteiger partial charge in [-0.25, -0.2) is 4.79 Å². The quantitative estimate of drug-likeness (QED) is 0.691. The number of amides is 1. The normalized spacial score (nSPS) is 8.57. The molecule has 0 aromatic heterocycles. The summed E-state index contributed by atoms with van der Waals surface area (Å²) < 4.78 is 0. The lowest BCUT2D eigenvalue weighted by atomic mass is 10.2. The second kappa shape index (κ2) is 6.02. The first-order valence-corrected chi connectivity index (χ1v) is 4.37. The summed E-state index contributed by atoms with van der Waals surface area (Å²) in [6, 6.07) is 8.45. The fraction of sp³-hybridized carbons (Fsp3) is 0.364. The van der Waals surface area contributed by atoms with Gasteiger partial charge in [0.05, 0.1) is 0 Å². The topological polar surface area (TPSA) is 40.5 Å². The van der Waals surface area contributed by atoms with E-state index in [9.17, 15) is 4.79 Å². The molecule has 3 nitrogen and oxygen atoms in total. The molecule has 0 aliphatic heterocycles. The van der Waals surface area contributed by atoms with Gasteiger partial charge in [0.2, 0.25) is 0 Å². The largest absolute Gasteiger partial charge is 0.465 e. The number of nitrogens with zero attached hydrogens (tertiary/aromatic N) is 1. The lowest BCUT2D eigenvalue weighted by Crippen LogP contribution is -2.18. The molecule has 0 atom stereocenters. The van der Waals surface area contributed by atoms with Crippen molar-refractivity contribution in [1.29, 1.82) is 0 Å². The maximum Gasteiger partial charge on any atom is 0.406 e. The average Bonchev–Trinajstić information content (AvgIpc) is 2.04. The second-order valence-electron chi connectivity index (χ2n) is 3.34. The van der Waals surface area contributed by atoms with Crippen molar-refractivity contribution in [3.63, 3.8) is 0 Å². The minimum absolute atomic E-state index is 0.907. The maximum absolute atomic E-state index is 9.62. The lowest BCUT2D eigenvalue weighted by molar-refractivity contribution is 0.165. The molecule has 0 unspecified atom stereocenters. The molecule has 0 saturated carbocycles. The van der Waals surface area contributed by atoms with E-state index >= 15 is 0 Å². The summed E-state index contributed by atoms with van der Waals surface area (Å²) in [7, 11) is 2.95. The molecule has 78 valence electrons. The Morgan fingerprint density at radius 2 is 1.57 bits per heavy atom. The molecule has 1 aromatic carbocycles. The molecule has 14 heavy (non-hydrogen) atoms. The molecule has 0 spiro atoms. The molecule has 0 fully saturated rings. The average molecular weight is 195 g/mol. The van der Waals surface area contributed by atoms with Crippen LogP contribution in [0.25, 0.3) is 0 Å². The number of carbonyl (C=O) groups is 1. The molecule has 1 amide bonds. The van der Waals surface area contributed by atoms with E-state index in [1.807, 2.05) is 0 Å². The highest BCUT2D eigenvalue weighted by Gasteiger charge is 1.91. The predicted molar refractivity (Wildman–Crippen MR) is 57.6 cm³/mol. The third kappa shape index (κ3) is 6.06. The van der Waals surface area contributed by atoms with Crippen LogP contribution in [0.1, 0.15) is 11.1 Å². The molecule has 0 aliphatic carbocycles. The third-order valence-electron chi connectivity index (χ3n) is 1.56. The van der Waals surface area contributed by atoms with Crippen molar-refractivity contribution in [3.8, 4) is 0 Å². The van der Waals surface area contributed by atoms with E-state index in [1.54, 1.807) is 0 Å². The molecular formula is C11H17NO2. The highest BCUT2D eigenvalue weighted by molar-refractivity contribution is 5.63. The van der Waals surface area contributed by atoms with Gasteiger partial charge in [-0.1, -0.05) is 35.4 Å². The monoisotopic (exact) mass is 195 g/mol. The smallest absolute Gasteiger partial charge is 0.406 e. The van der Waals surface area contributed by atoms with Crippen molar-refractivity contribution in [1.82, 2.24) is 4.90 Å². The van der Waals surface area contributed by atoms with Gasteiger partial charge in [-0.2, -0.15) is 0 Å². The van der Waals surface area contributed by atoms with Gasteiger partial charge in [0.25, 0.3) is 0 Å². The van der Waals surface area contributed by atoms with Crippen molar-refractivity contribution >= 4 is 6.09 Å². The minimum Gasteiger partial charge on any atom is -0.465 e. The van der Waals surface area contributed by atoms with Crippen LogP contribution in [0.3, 0.4) is 0 Å². The second-order valence-corrected chi connectivity index (χ2v) is 3.34. The molecule has 0 radical (unpaired) electrons. The summed E-state index contributed by atoms with van der Waals surface area (Å²) >= 11 is 0. The highest BCUT2D eigenvalue weighted by Crippen LogP contribution is 2.00. The zero-order valence-corrected chi connectivity index (χ0v) is 9.11. The Bertz CT molecular complexity index is 278. The van der Waals surface area contributed by atoms with E-state index in [0.717, 1.165) is 4.90 Å². The summed E-state index contributed by atoms with van der Waals surface area (Å²) in [6.07, 6.45) is -0.907. The third-order valence-corrected chi connectivity index (χ3v) is 1.56. The molecule has 1 rings (SSSR count). The fourth-order valence-corrected chi connectivity index (χ4v) is 0.807. The first kappa shape index (κ1) is 12.5. The molecule has 1 N–H and O–H groups in total. The molecular weight excluding hydrogens is 178 g/mol. The summed E-state index contributed by atoms with van der Waals surface area (Å²) in [6.45, 7) is 4.21. The Labute approximate surface area is 85.0 Å². The number of carboxylic acid groups (broad SMARTS) is 1. The number of hydrogen-bond acceptors (Lipinski definition) is 1. The first-order chi connectivity index (χ1) is 6.43. The number of benzene rings is 1. The first-order valence-electron chi connectivity index (χ1n) is 4.37. The maximum atomic E-state index is 9.62. The molecule has 1 aromatic rings. The Morgan fingerprint density at radius 3 is 1.71 bits per heavy atom. The van der Waals surface area contributed by atoms with Crippen LogP contribution in [0.15, 0.2) is 24.3 Å². The molecule has 0 heterocycles. The van der Waals surface area contributed by atoms with E-state index in [4.69, 9.17) is 5.11 Å². The van der Waals surface area contributed by atoms with E-state index in [1.165, 1.54) is 25.2 Å². The van der Waals surface area contributed by atoms with Crippen LogP contribution in [0, 0.1) is 13.8 Å². The number of rotatable bonds is 0. The van der Waals surface area contributed by atoms with Crippen LogP contribution in [0.4, 0.5) is 4.79 Å². The molecule has 3 heteroatoms. The van der Waals surface area contributed by atoms with Gasteiger partial charge in [0, 0.05) is 14.1 Å². The van der Waals surface area contributed by atoms with Gasteiger partial charge >= 0.3 is 6.09 Å². The molecule has 0 aliphatic rings. The lowest BCUT2D eigenvalue weighted by Gasteiger charge is -1.99.